The van der Waals surface area contributed by atoms with Gasteiger partial charge in [0.05, 0.1) is 12.7 Å². The van der Waals surface area contributed by atoms with Crippen molar-refractivity contribution in [2.45, 2.75) is 38.2 Å². The Morgan fingerprint density at radius 3 is 2.80 bits per heavy atom. The molecule has 1 aliphatic carbocycles. The number of ether oxygens (including phenoxy) is 1. The van der Waals surface area contributed by atoms with E-state index in [4.69, 9.17) is 4.74 Å². The number of carbonyl (C=O) groups is 1. The minimum atomic E-state index is -0.760. The van der Waals surface area contributed by atoms with E-state index in [0.717, 1.165) is 37.0 Å². The van der Waals surface area contributed by atoms with E-state index >= 15 is 0 Å². The first-order chi connectivity index (χ1) is 11.9. The van der Waals surface area contributed by atoms with Crippen molar-refractivity contribution in [2.75, 3.05) is 20.7 Å². The quantitative estimate of drug-likeness (QED) is 0.875. The highest BCUT2D eigenvalue weighted by Crippen LogP contribution is 2.30. The fraction of sp³-hybridized carbons (Fsp3) is 0.474. The number of aromatic nitrogens is 2. The summed E-state index contributed by atoms with van der Waals surface area (Å²) in [6, 6.07) is 7.54. The number of nitrogens with one attached hydrogen (secondary N) is 1. The molecule has 1 aliphatic rings. The number of hydrogen-bond acceptors (Lipinski definition) is 4. The molecule has 0 saturated heterocycles. The van der Waals surface area contributed by atoms with Crippen molar-refractivity contribution in [1.82, 2.24) is 14.9 Å². The van der Waals surface area contributed by atoms with E-state index in [1.165, 1.54) is 0 Å². The molecule has 134 valence electrons. The summed E-state index contributed by atoms with van der Waals surface area (Å²) in [6.07, 6.45) is 3.53. The van der Waals surface area contributed by atoms with Crippen LogP contribution < -0.4 is 4.74 Å². The molecule has 0 spiro atoms. The number of methoxy groups -OCH3 is 1. The van der Waals surface area contributed by atoms with Crippen LogP contribution in [0, 0.1) is 6.92 Å². The number of imidazole rings is 1. The Bertz CT molecular complexity index is 763. The second-order valence-corrected chi connectivity index (χ2v) is 6.88. The van der Waals surface area contributed by atoms with Crippen molar-refractivity contribution in [3.05, 3.63) is 35.7 Å². The summed E-state index contributed by atoms with van der Waals surface area (Å²) in [5.74, 6) is 1.19. The maximum absolute atomic E-state index is 12.8. The van der Waals surface area contributed by atoms with Crippen molar-refractivity contribution in [3.63, 3.8) is 0 Å². The number of nitrogens with zero attached hydrogens (tertiary/aromatic N) is 2. The van der Waals surface area contributed by atoms with Crippen LogP contribution in [0.1, 0.15) is 41.9 Å². The number of aryl methyl sites for hydroxylation is 1. The first-order valence-corrected chi connectivity index (χ1v) is 8.61. The van der Waals surface area contributed by atoms with Gasteiger partial charge in [-0.1, -0.05) is 25.0 Å². The Balaban J connectivity index is 1.80. The van der Waals surface area contributed by atoms with Gasteiger partial charge >= 0.3 is 0 Å². The fourth-order valence-corrected chi connectivity index (χ4v) is 3.46. The fourth-order valence-electron chi connectivity index (χ4n) is 3.46. The standard InChI is InChI=1S/C19H25N3O3/c1-13-16(18(23)22(2)12-19(24)9-4-5-10-19)21-17(20-13)14-7-6-8-15(11-14)25-3/h6-8,11,24H,4-5,9-10,12H2,1-3H3,(H,20,21). The van der Waals surface area contributed by atoms with E-state index in [-0.39, 0.29) is 5.91 Å². The maximum Gasteiger partial charge on any atom is 0.274 e. The number of hydrogen-bond donors (Lipinski definition) is 2. The zero-order chi connectivity index (χ0) is 18.0. The van der Waals surface area contributed by atoms with Gasteiger partial charge in [0.2, 0.25) is 0 Å². The molecule has 0 bridgehead atoms. The number of carbonyl (C=O) groups excluding carboxylic acids is 1. The molecule has 3 rings (SSSR count). The topological polar surface area (TPSA) is 78.4 Å². The molecular weight excluding hydrogens is 318 g/mol. The van der Waals surface area contributed by atoms with Gasteiger partial charge in [0.1, 0.15) is 17.3 Å². The maximum atomic E-state index is 12.8. The van der Waals surface area contributed by atoms with Crippen molar-refractivity contribution in [2.24, 2.45) is 0 Å². The van der Waals surface area contributed by atoms with Crippen molar-refractivity contribution in [1.29, 1.82) is 0 Å². The first-order valence-electron chi connectivity index (χ1n) is 8.61. The third-order valence-corrected chi connectivity index (χ3v) is 4.84. The van der Waals surface area contributed by atoms with Crippen LogP contribution in [0.3, 0.4) is 0 Å². The highest BCUT2D eigenvalue weighted by atomic mass is 16.5. The zero-order valence-corrected chi connectivity index (χ0v) is 15.0. The van der Waals surface area contributed by atoms with Crippen LogP contribution in [0.25, 0.3) is 11.4 Å². The number of aromatic amines is 1. The average Bonchev–Trinajstić information content (AvgIpc) is 3.20. The summed E-state index contributed by atoms with van der Waals surface area (Å²) in [5.41, 5.74) is 1.21. The van der Waals surface area contributed by atoms with Crippen LogP contribution in [-0.4, -0.2) is 52.2 Å². The zero-order valence-electron chi connectivity index (χ0n) is 15.0. The predicted molar refractivity (Wildman–Crippen MR) is 95.7 cm³/mol. The Kier molecular flexibility index (Phi) is 4.81. The number of benzene rings is 1. The van der Waals surface area contributed by atoms with Gasteiger partial charge in [-0.25, -0.2) is 4.98 Å². The second kappa shape index (κ2) is 6.88. The van der Waals surface area contributed by atoms with Crippen LogP contribution in [0.5, 0.6) is 5.75 Å². The van der Waals surface area contributed by atoms with Crippen LogP contribution in [0.4, 0.5) is 0 Å². The number of H-pyrrole nitrogens is 1. The summed E-state index contributed by atoms with van der Waals surface area (Å²) < 4.78 is 5.24. The number of amides is 1. The van der Waals surface area contributed by atoms with Gasteiger partial charge in [0.25, 0.3) is 5.91 Å². The monoisotopic (exact) mass is 343 g/mol. The number of likely N-dealkylation sites (N-methyl/N-ethyl adjacent to an activating group) is 1. The van der Waals surface area contributed by atoms with Crippen LogP contribution >= 0.6 is 0 Å². The van der Waals surface area contributed by atoms with Gasteiger partial charge in [0, 0.05) is 24.8 Å². The molecule has 25 heavy (non-hydrogen) atoms. The smallest absolute Gasteiger partial charge is 0.274 e. The Morgan fingerprint density at radius 2 is 2.12 bits per heavy atom. The molecule has 1 aromatic carbocycles. The minimum Gasteiger partial charge on any atom is -0.497 e. The molecule has 1 amide bonds. The molecule has 1 fully saturated rings. The van der Waals surface area contributed by atoms with E-state index < -0.39 is 5.60 Å². The van der Waals surface area contributed by atoms with Crippen LogP contribution in [0.2, 0.25) is 0 Å². The Morgan fingerprint density at radius 1 is 1.40 bits per heavy atom. The summed E-state index contributed by atoms with van der Waals surface area (Å²) in [7, 11) is 3.34. The molecule has 1 heterocycles. The van der Waals surface area contributed by atoms with Crippen molar-refractivity contribution < 1.29 is 14.6 Å². The Hall–Kier alpha value is -2.34. The molecule has 6 heteroatoms. The molecule has 1 aromatic heterocycles. The lowest BCUT2D eigenvalue weighted by atomic mass is 10.0. The SMILES string of the molecule is COc1cccc(-c2nc(C(=O)N(C)CC3(O)CCCC3)c(C)[nH]2)c1. The van der Waals surface area contributed by atoms with Gasteiger partial charge in [0.15, 0.2) is 0 Å². The van der Waals surface area contributed by atoms with E-state index in [0.29, 0.717) is 23.8 Å². The van der Waals surface area contributed by atoms with Crippen LogP contribution in [0.15, 0.2) is 24.3 Å². The summed E-state index contributed by atoms with van der Waals surface area (Å²) in [6.45, 7) is 2.18. The molecular formula is C19H25N3O3. The van der Waals surface area contributed by atoms with Crippen molar-refractivity contribution in [3.8, 4) is 17.1 Å². The highest BCUT2D eigenvalue weighted by molar-refractivity contribution is 5.94. The average molecular weight is 343 g/mol. The third-order valence-electron chi connectivity index (χ3n) is 4.84. The Labute approximate surface area is 147 Å². The molecule has 0 unspecified atom stereocenters. The lowest BCUT2D eigenvalue weighted by Gasteiger charge is -2.28. The van der Waals surface area contributed by atoms with E-state index in [2.05, 4.69) is 9.97 Å². The minimum absolute atomic E-state index is 0.178. The van der Waals surface area contributed by atoms with Crippen molar-refractivity contribution >= 4 is 5.91 Å². The molecule has 6 nitrogen and oxygen atoms in total. The predicted octanol–water partition coefficient (Wildman–Crippen LogP) is 2.77. The second-order valence-electron chi connectivity index (χ2n) is 6.88. The lowest BCUT2D eigenvalue weighted by molar-refractivity contribution is 0.0154. The molecule has 1 saturated carbocycles. The number of rotatable bonds is 5. The number of aliphatic hydroxyl groups is 1. The van der Waals surface area contributed by atoms with Gasteiger partial charge < -0.3 is 19.7 Å². The van der Waals surface area contributed by atoms with Gasteiger partial charge in [-0.15, -0.1) is 0 Å². The lowest BCUT2D eigenvalue weighted by Crippen LogP contribution is -2.42. The largest absolute Gasteiger partial charge is 0.497 e. The normalized spacial score (nSPS) is 16.0. The van der Waals surface area contributed by atoms with E-state index in [1.807, 2.05) is 31.2 Å². The summed E-state index contributed by atoms with van der Waals surface area (Å²) in [4.78, 5) is 22.0. The molecule has 2 N–H and O–H groups in total. The summed E-state index contributed by atoms with van der Waals surface area (Å²) in [5, 5.41) is 10.5. The molecule has 0 aliphatic heterocycles. The van der Waals surface area contributed by atoms with Gasteiger partial charge in [-0.2, -0.15) is 0 Å². The van der Waals surface area contributed by atoms with E-state index in [1.54, 1.807) is 19.1 Å². The van der Waals surface area contributed by atoms with Gasteiger partial charge in [-0.3, -0.25) is 4.79 Å². The molecule has 2 aromatic rings. The van der Waals surface area contributed by atoms with Crippen LogP contribution in [-0.2, 0) is 0 Å². The van der Waals surface area contributed by atoms with E-state index in [9.17, 15) is 9.90 Å². The third kappa shape index (κ3) is 3.69. The highest BCUT2D eigenvalue weighted by Gasteiger charge is 2.34. The first kappa shape index (κ1) is 17.5. The molecule has 0 atom stereocenters. The van der Waals surface area contributed by atoms with Gasteiger partial charge in [-0.05, 0) is 31.9 Å². The summed E-state index contributed by atoms with van der Waals surface area (Å²) >= 11 is 0. The molecule has 0 radical (unpaired) electrons.